The summed E-state index contributed by atoms with van der Waals surface area (Å²) in [6, 6.07) is 9.75. The van der Waals surface area contributed by atoms with Crippen molar-refractivity contribution in [3.8, 4) is 11.3 Å². The first-order valence-electron chi connectivity index (χ1n) is 10.1. The number of carbonyl (C=O) groups excluding carboxylic acids is 2. The molecule has 0 radical (unpaired) electrons. The number of alkyl halides is 1. The number of benzene rings is 1. The quantitative estimate of drug-likeness (QED) is 0.680. The average molecular weight is 425 g/mol. The molecular formula is C23H24FN3O4. The number of ether oxygens (including phenoxy) is 1. The van der Waals surface area contributed by atoms with E-state index in [2.05, 4.69) is 10.3 Å². The van der Waals surface area contributed by atoms with E-state index in [-0.39, 0.29) is 13.1 Å². The van der Waals surface area contributed by atoms with Crippen molar-refractivity contribution in [1.29, 1.82) is 0 Å². The number of hydrogen-bond donors (Lipinski definition) is 1. The molecule has 1 fully saturated rings. The van der Waals surface area contributed by atoms with Crippen molar-refractivity contribution in [1.82, 2.24) is 15.2 Å². The van der Waals surface area contributed by atoms with Crippen LogP contribution >= 0.6 is 0 Å². The van der Waals surface area contributed by atoms with Gasteiger partial charge in [0.1, 0.15) is 17.4 Å². The molecular weight excluding hydrogens is 401 g/mol. The van der Waals surface area contributed by atoms with Crippen molar-refractivity contribution < 1.29 is 23.1 Å². The fourth-order valence-corrected chi connectivity index (χ4v) is 3.53. The summed E-state index contributed by atoms with van der Waals surface area (Å²) in [5, 5.41) is 3.57. The van der Waals surface area contributed by atoms with Gasteiger partial charge in [-0.05, 0) is 45.0 Å². The molecule has 31 heavy (non-hydrogen) atoms. The number of rotatable bonds is 3. The second-order valence-electron chi connectivity index (χ2n) is 8.55. The highest BCUT2D eigenvalue weighted by Crippen LogP contribution is 2.27. The van der Waals surface area contributed by atoms with E-state index in [1.54, 1.807) is 63.6 Å². The van der Waals surface area contributed by atoms with E-state index in [0.717, 1.165) is 22.2 Å². The fourth-order valence-electron chi connectivity index (χ4n) is 3.53. The molecule has 1 aliphatic heterocycles. The third-order valence-corrected chi connectivity index (χ3v) is 5.02. The second kappa shape index (κ2) is 8.02. The molecule has 2 aromatic heterocycles. The number of nitrogens with one attached hydrogen (secondary N) is 1. The minimum absolute atomic E-state index is 0.0618. The minimum Gasteiger partial charge on any atom is -0.464 e. The van der Waals surface area contributed by atoms with Gasteiger partial charge in [-0.1, -0.05) is 12.1 Å². The van der Waals surface area contributed by atoms with Crippen molar-refractivity contribution in [2.45, 2.75) is 38.6 Å². The number of furan rings is 1. The molecule has 1 saturated heterocycles. The standard InChI is InChI=1S/C23H24FN3O4/c1-23(2,3)31-22(29)27-12-17(24)18(13-27)26-21(28)15-6-4-14(5-7-15)20-16-9-11-30-19(16)8-10-25-20/h4-11,17-18H,12-13H2,1-3H3,(H,26,28)/t17-,18+/m0/s1. The van der Waals surface area contributed by atoms with Crippen molar-refractivity contribution in [2.75, 3.05) is 13.1 Å². The summed E-state index contributed by atoms with van der Waals surface area (Å²) in [5.74, 6) is -0.403. The molecule has 0 bridgehead atoms. The van der Waals surface area contributed by atoms with Crippen molar-refractivity contribution in [3.05, 3.63) is 54.4 Å². The summed E-state index contributed by atoms with van der Waals surface area (Å²) in [5.41, 5.74) is 2.05. The van der Waals surface area contributed by atoms with E-state index in [1.807, 2.05) is 6.07 Å². The van der Waals surface area contributed by atoms with Crippen LogP contribution in [-0.2, 0) is 4.74 Å². The van der Waals surface area contributed by atoms with Crippen molar-refractivity contribution in [2.24, 2.45) is 0 Å². The van der Waals surface area contributed by atoms with E-state index in [1.165, 1.54) is 4.90 Å². The first kappa shape index (κ1) is 20.8. The number of hydrogen-bond acceptors (Lipinski definition) is 5. The van der Waals surface area contributed by atoms with Gasteiger partial charge < -0.3 is 19.4 Å². The number of carbonyl (C=O) groups is 2. The maximum Gasteiger partial charge on any atom is 0.410 e. The van der Waals surface area contributed by atoms with Crippen LogP contribution in [0, 0.1) is 0 Å². The minimum atomic E-state index is -1.36. The van der Waals surface area contributed by atoms with Crippen LogP contribution in [0.5, 0.6) is 0 Å². The lowest BCUT2D eigenvalue weighted by atomic mass is 10.1. The molecule has 1 aromatic carbocycles. The summed E-state index contributed by atoms with van der Waals surface area (Å²) in [4.78, 5) is 30.5. The van der Waals surface area contributed by atoms with Crippen LogP contribution in [0.3, 0.4) is 0 Å². The molecule has 3 aromatic rings. The van der Waals surface area contributed by atoms with E-state index in [9.17, 15) is 14.0 Å². The smallest absolute Gasteiger partial charge is 0.410 e. The summed E-state index contributed by atoms with van der Waals surface area (Å²) >= 11 is 0. The summed E-state index contributed by atoms with van der Waals surface area (Å²) in [7, 11) is 0. The Bertz CT molecular complexity index is 1100. The van der Waals surface area contributed by atoms with Gasteiger partial charge in [0.15, 0.2) is 0 Å². The zero-order valence-corrected chi connectivity index (χ0v) is 17.6. The molecule has 0 saturated carbocycles. The Hall–Kier alpha value is -3.42. The zero-order chi connectivity index (χ0) is 22.2. The molecule has 1 aliphatic rings. The molecule has 1 N–H and O–H groups in total. The SMILES string of the molecule is CC(C)(C)OC(=O)N1C[C@H](F)[C@H](NC(=O)c2ccc(-c3nccc4occc34)cc2)C1. The molecule has 0 unspecified atom stereocenters. The monoisotopic (exact) mass is 425 g/mol. The van der Waals surface area contributed by atoms with Gasteiger partial charge in [-0.3, -0.25) is 9.78 Å². The fraction of sp³-hybridized carbons (Fsp3) is 0.348. The highest BCUT2D eigenvalue weighted by molar-refractivity contribution is 5.96. The Balaban J connectivity index is 1.42. The van der Waals surface area contributed by atoms with Crippen LogP contribution in [0.1, 0.15) is 31.1 Å². The maximum atomic E-state index is 14.4. The van der Waals surface area contributed by atoms with Gasteiger partial charge >= 0.3 is 6.09 Å². The molecule has 4 rings (SSSR count). The van der Waals surface area contributed by atoms with Crippen LogP contribution in [-0.4, -0.2) is 52.8 Å². The Labute approximate surface area is 179 Å². The molecule has 2 atom stereocenters. The third kappa shape index (κ3) is 4.52. The summed E-state index contributed by atoms with van der Waals surface area (Å²) in [6.07, 6.45) is 1.32. The number of likely N-dealkylation sites (tertiary alicyclic amines) is 1. The van der Waals surface area contributed by atoms with E-state index in [4.69, 9.17) is 9.15 Å². The highest BCUT2D eigenvalue weighted by atomic mass is 19.1. The van der Waals surface area contributed by atoms with E-state index >= 15 is 0 Å². The highest BCUT2D eigenvalue weighted by Gasteiger charge is 2.38. The number of pyridine rings is 1. The average Bonchev–Trinajstić information content (AvgIpc) is 3.33. The lowest BCUT2D eigenvalue weighted by Crippen LogP contribution is -2.42. The summed E-state index contributed by atoms with van der Waals surface area (Å²) in [6.45, 7) is 5.20. The molecule has 3 heterocycles. The second-order valence-corrected chi connectivity index (χ2v) is 8.55. The topological polar surface area (TPSA) is 84.7 Å². The van der Waals surface area contributed by atoms with Crippen LogP contribution in [0.4, 0.5) is 9.18 Å². The maximum absolute atomic E-state index is 14.4. The Kier molecular flexibility index (Phi) is 5.39. The molecule has 7 nitrogen and oxygen atoms in total. The lowest BCUT2D eigenvalue weighted by Gasteiger charge is -2.24. The predicted octanol–water partition coefficient (Wildman–Crippen LogP) is 4.18. The normalized spacial score (nSPS) is 18.9. The van der Waals surface area contributed by atoms with Crippen molar-refractivity contribution in [3.63, 3.8) is 0 Å². The van der Waals surface area contributed by atoms with Crippen molar-refractivity contribution >= 4 is 23.0 Å². The van der Waals surface area contributed by atoms with Gasteiger partial charge in [0, 0.05) is 29.3 Å². The number of aromatic nitrogens is 1. The molecule has 2 amide bonds. The molecule has 0 spiro atoms. The van der Waals surface area contributed by atoms with Gasteiger partial charge in [-0.25, -0.2) is 9.18 Å². The van der Waals surface area contributed by atoms with E-state index < -0.39 is 29.8 Å². The van der Waals surface area contributed by atoms with Gasteiger partial charge in [0.25, 0.3) is 5.91 Å². The third-order valence-electron chi connectivity index (χ3n) is 5.02. The lowest BCUT2D eigenvalue weighted by molar-refractivity contribution is 0.0281. The first-order valence-corrected chi connectivity index (χ1v) is 10.1. The zero-order valence-electron chi connectivity index (χ0n) is 17.6. The van der Waals surface area contributed by atoms with Gasteiger partial charge in [0.05, 0.1) is 24.5 Å². The van der Waals surface area contributed by atoms with Crippen LogP contribution in [0.2, 0.25) is 0 Å². The Morgan fingerprint density at radius 3 is 2.61 bits per heavy atom. The number of nitrogens with zero attached hydrogens (tertiary/aromatic N) is 2. The molecule has 162 valence electrons. The first-order chi connectivity index (χ1) is 14.7. The van der Waals surface area contributed by atoms with Gasteiger partial charge in [-0.2, -0.15) is 0 Å². The largest absolute Gasteiger partial charge is 0.464 e. The van der Waals surface area contributed by atoms with Gasteiger partial charge in [-0.15, -0.1) is 0 Å². The number of fused-ring (bicyclic) bond motifs is 1. The molecule has 8 heteroatoms. The predicted molar refractivity (Wildman–Crippen MR) is 113 cm³/mol. The van der Waals surface area contributed by atoms with Crippen LogP contribution in [0.15, 0.2) is 53.3 Å². The Morgan fingerprint density at radius 2 is 1.90 bits per heavy atom. The Morgan fingerprint density at radius 1 is 1.16 bits per heavy atom. The van der Waals surface area contributed by atoms with Gasteiger partial charge in [0.2, 0.25) is 0 Å². The number of halogens is 1. The van der Waals surface area contributed by atoms with Crippen LogP contribution < -0.4 is 5.32 Å². The van der Waals surface area contributed by atoms with Crippen LogP contribution in [0.25, 0.3) is 22.2 Å². The number of amides is 2. The van der Waals surface area contributed by atoms with E-state index in [0.29, 0.717) is 5.56 Å². The molecule has 0 aliphatic carbocycles. The summed E-state index contributed by atoms with van der Waals surface area (Å²) < 4.78 is 25.1.